The van der Waals surface area contributed by atoms with Crippen molar-refractivity contribution in [2.24, 2.45) is 5.92 Å². The van der Waals surface area contributed by atoms with Gasteiger partial charge in [-0.3, -0.25) is 9.80 Å². The van der Waals surface area contributed by atoms with Gasteiger partial charge in [0.1, 0.15) is 5.60 Å². The van der Waals surface area contributed by atoms with Crippen molar-refractivity contribution in [1.82, 2.24) is 4.90 Å². The molecular formula is C44H58N2O7Si2. The molecule has 3 heterocycles. The average Bonchev–Trinajstić information content (AvgIpc) is 3.77. The predicted octanol–water partition coefficient (Wildman–Crippen LogP) is 8.06. The number of nitrogens with zero attached hydrogens (tertiary/aromatic N) is 2. The zero-order chi connectivity index (χ0) is 39.3. The first-order chi connectivity index (χ1) is 26.2. The predicted molar refractivity (Wildman–Crippen MR) is 221 cm³/mol. The van der Waals surface area contributed by atoms with E-state index in [1.807, 2.05) is 28.0 Å². The van der Waals surface area contributed by atoms with Crippen molar-refractivity contribution in [3.05, 3.63) is 103 Å². The van der Waals surface area contributed by atoms with Gasteiger partial charge in [-0.05, 0) is 46.8 Å². The standard InChI is InChI=1S/C44H58N2O7Si2/c1-41(2,3)55(33-18-11-9-12-19-33,34-20-13-10-14-21-34)52-29-27-44-35-22-15-16-23-37(35)46(40(48)50-5)43(44)26-25-42(32-36(43)38(49-4)53-44)24-17-28-45(42)39(47)51-30-31-54(6,7)8/h9-24,36,38H,25-32H2,1-8H3/t36-,38+,42+,43+,44+/m1/s1. The molecule has 0 aromatic heterocycles. The summed E-state index contributed by atoms with van der Waals surface area (Å²) in [6.07, 6.45) is 5.01. The highest BCUT2D eigenvalue weighted by Crippen LogP contribution is 2.68. The lowest BCUT2D eigenvalue weighted by Gasteiger charge is -2.54. The van der Waals surface area contributed by atoms with E-state index in [-0.39, 0.29) is 17.0 Å². The molecule has 5 atom stereocenters. The second kappa shape index (κ2) is 14.6. The summed E-state index contributed by atoms with van der Waals surface area (Å²) in [6.45, 7) is 15.0. The molecule has 2 fully saturated rings. The van der Waals surface area contributed by atoms with E-state index in [4.69, 9.17) is 23.4 Å². The molecule has 1 saturated heterocycles. The molecule has 2 spiro atoms. The Balaban J connectivity index is 1.30. The first kappa shape index (κ1) is 39.5. The lowest BCUT2D eigenvalue weighted by atomic mass is 9.59. The summed E-state index contributed by atoms with van der Waals surface area (Å²) in [5.74, 6) is -0.314. The van der Waals surface area contributed by atoms with Gasteiger partial charge in [-0.1, -0.05) is 131 Å². The quantitative estimate of drug-likeness (QED) is 0.152. The van der Waals surface area contributed by atoms with Crippen molar-refractivity contribution in [1.29, 1.82) is 0 Å². The third kappa shape index (κ3) is 6.30. The summed E-state index contributed by atoms with van der Waals surface area (Å²) in [4.78, 5) is 31.8. The fraction of sp³-hybridized carbons (Fsp3) is 0.500. The molecule has 1 saturated carbocycles. The van der Waals surface area contributed by atoms with Gasteiger partial charge in [-0.25, -0.2) is 9.59 Å². The number of carbonyl (C=O) groups excluding carboxylic acids is 2. The van der Waals surface area contributed by atoms with Crippen LogP contribution in [-0.2, 0) is 29.0 Å². The molecule has 0 radical (unpaired) electrons. The Morgan fingerprint density at radius 3 is 2.09 bits per heavy atom. The van der Waals surface area contributed by atoms with Crippen molar-refractivity contribution in [3.63, 3.8) is 0 Å². The van der Waals surface area contributed by atoms with Crippen molar-refractivity contribution in [3.8, 4) is 0 Å². The van der Waals surface area contributed by atoms with Crippen LogP contribution in [0.25, 0.3) is 0 Å². The first-order valence-corrected chi connectivity index (χ1v) is 25.4. The van der Waals surface area contributed by atoms with Crippen LogP contribution in [0.1, 0.15) is 52.0 Å². The normalized spacial score (nSPS) is 27.2. The van der Waals surface area contributed by atoms with Crippen LogP contribution in [-0.4, -0.2) is 84.8 Å². The van der Waals surface area contributed by atoms with Crippen molar-refractivity contribution in [2.45, 2.75) is 100 Å². The molecule has 7 rings (SSSR count). The molecule has 2 amide bonds. The summed E-state index contributed by atoms with van der Waals surface area (Å²) in [7, 11) is -1.19. The zero-order valence-electron chi connectivity index (χ0n) is 33.8. The molecule has 0 unspecified atom stereocenters. The van der Waals surface area contributed by atoms with Gasteiger partial charge >= 0.3 is 12.2 Å². The number of amides is 2. The Morgan fingerprint density at radius 1 is 0.855 bits per heavy atom. The van der Waals surface area contributed by atoms with Gasteiger partial charge in [0.25, 0.3) is 8.32 Å². The largest absolute Gasteiger partial charge is 0.452 e. The number of hydrogen-bond acceptors (Lipinski definition) is 7. The van der Waals surface area contributed by atoms with E-state index < -0.39 is 45.5 Å². The number of hydrogen-bond donors (Lipinski definition) is 0. The second-order valence-electron chi connectivity index (χ2n) is 17.9. The Labute approximate surface area is 329 Å². The number of methoxy groups -OCH3 is 2. The van der Waals surface area contributed by atoms with Crippen LogP contribution in [0.5, 0.6) is 0 Å². The van der Waals surface area contributed by atoms with Gasteiger partial charge in [0.15, 0.2) is 6.29 Å². The van der Waals surface area contributed by atoms with Gasteiger partial charge < -0.3 is 23.4 Å². The molecule has 3 aromatic carbocycles. The van der Waals surface area contributed by atoms with E-state index in [9.17, 15) is 9.59 Å². The molecule has 11 heteroatoms. The van der Waals surface area contributed by atoms with E-state index in [1.165, 1.54) is 17.5 Å². The first-order valence-electron chi connectivity index (χ1n) is 19.8. The number of fused-ring (bicyclic) bond motifs is 2. The molecule has 3 aromatic rings. The van der Waals surface area contributed by atoms with E-state index in [0.29, 0.717) is 45.4 Å². The Hall–Kier alpha value is -3.75. The minimum Gasteiger partial charge on any atom is -0.452 e. The highest BCUT2D eigenvalue weighted by Gasteiger charge is 2.77. The van der Waals surface area contributed by atoms with Crippen molar-refractivity contribution < 1.29 is 33.0 Å². The van der Waals surface area contributed by atoms with E-state index >= 15 is 0 Å². The Morgan fingerprint density at radius 2 is 1.49 bits per heavy atom. The second-order valence-corrected chi connectivity index (χ2v) is 27.8. The van der Waals surface area contributed by atoms with Crippen LogP contribution < -0.4 is 15.3 Å². The molecule has 4 aliphatic rings. The van der Waals surface area contributed by atoms with E-state index in [0.717, 1.165) is 17.3 Å². The zero-order valence-corrected chi connectivity index (χ0v) is 35.8. The van der Waals surface area contributed by atoms with Gasteiger partial charge in [0.05, 0.1) is 30.5 Å². The maximum atomic E-state index is 14.2. The third-order valence-corrected chi connectivity index (χ3v) is 19.5. The van der Waals surface area contributed by atoms with Gasteiger partial charge in [0, 0.05) is 46.2 Å². The molecule has 9 nitrogen and oxygen atoms in total. The summed E-state index contributed by atoms with van der Waals surface area (Å²) >= 11 is 0. The molecule has 3 aliphatic heterocycles. The number of ether oxygens (including phenoxy) is 4. The van der Waals surface area contributed by atoms with E-state index in [1.54, 1.807) is 7.11 Å². The molecule has 0 bridgehead atoms. The topological polar surface area (TPSA) is 86.8 Å². The molecule has 294 valence electrons. The van der Waals surface area contributed by atoms with Crippen LogP contribution in [0, 0.1) is 5.92 Å². The fourth-order valence-corrected chi connectivity index (χ4v) is 15.6. The van der Waals surface area contributed by atoms with Gasteiger partial charge in [-0.2, -0.15) is 0 Å². The van der Waals surface area contributed by atoms with Crippen LogP contribution >= 0.6 is 0 Å². The van der Waals surface area contributed by atoms with Crippen molar-refractivity contribution in [2.75, 3.05) is 38.9 Å². The third-order valence-electron chi connectivity index (χ3n) is 12.8. The van der Waals surface area contributed by atoms with Gasteiger partial charge in [-0.15, -0.1) is 0 Å². The SMILES string of the molecule is COC(=O)N1c2ccccc2[C@]2(CCO[Si](c3ccccc3)(c3ccccc3)C(C)(C)C)O[C@H](OC)[C@H]3C[C@]4(C=CCN4C(=O)OCC[Si](C)(C)C)CC[C@@]312. The maximum absolute atomic E-state index is 14.2. The lowest BCUT2D eigenvalue weighted by Crippen LogP contribution is -2.68. The number of benzene rings is 3. The highest BCUT2D eigenvalue weighted by molar-refractivity contribution is 6.99. The van der Waals surface area contributed by atoms with Crippen LogP contribution in [0.4, 0.5) is 15.3 Å². The molecule has 0 N–H and O–H groups in total. The average molecular weight is 783 g/mol. The minimum absolute atomic E-state index is 0.218. The Bertz CT molecular complexity index is 1860. The number of carbonyl (C=O) groups is 2. The number of rotatable bonds is 10. The number of para-hydroxylation sites is 1. The summed E-state index contributed by atoms with van der Waals surface area (Å²) in [5.41, 5.74) is -0.767. The minimum atomic E-state index is -2.90. The summed E-state index contributed by atoms with van der Waals surface area (Å²) in [6, 6.07) is 30.3. The highest BCUT2D eigenvalue weighted by atomic mass is 28.4. The fourth-order valence-electron chi connectivity index (χ4n) is 10.3. The van der Waals surface area contributed by atoms with Crippen LogP contribution in [0.15, 0.2) is 97.1 Å². The molecule has 55 heavy (non-hydrogen) atoms. The van der Waals surface area contributed by atoms with Crippen LogP contribution in [0.3, 0.4) is 0 Å². The molecule has 1 aliphatic carbocycles. The molecular weight excluding hydrogens is 725 g/mol. The Kier molecular flexibility index (Phi) is 10.5. The van der Waals surface area contributed by atoms with Crippen LogP contribution in [0.2, 0.25) is 30.7 Å². The lowest BCUT2D eigenvalue weighted by molar-refractivity contribution is -0.175. The maximum Gasteiger partial charge on any atom is 0.414 e. The van der Waals surface area contributed by atoms with E-state index in [2.05, 4.69) is 119 Å². The monoisotopic (exact) mass is 782 g/mol. The van der Waals surface area contributed by atoms with Crippen molar-refractivity contribution >= 4 is 44.6 Å². The smallest absolute Gasteiger partial charge is 0.414 e. The number of anilines is 1. The summed E-state index contributed by atoms with van der Waals surface area (Å²) < 4.78 is 32.7. The van der Waals surface area contributed by atoms with Gasteiger partial charge in [0.2, 0.25) is 0 Å². The summed E-state index contributed by atoms with van der Waals surface area (Å²) in [5, 5.41) is 2.19.